The standard InChI is InChI=1S/C14H20N4/c1-10-8-14(10)5-7-18(9-13(14)3-4-13)12-16-6-2-11(15)17-12/h2,6,10H,3-5,7-9H2,1H3,(H2,15,16,17). The molecule has 1 saturated heterocycles. The van der Waals surface area contributed by atoms with Gasteiger partial charge in [-0.25, -0.2) is 4.98 Å². The van der Waals surface area contributed by atoms with Gasteiger partial charge in [-0.15, -0.1) is 0 Å². The molecule has 0 radical (unpaired) electrons. The minimum Gasteiger partial charge on any atom is -0.384 e. The Kier molecular flexibility index (Phi) is 1.86. The molecule has 2 aliphatic carbocycles. The first-order valence-corrected chi connectivity index (χ1v) is 6.99. The number of hydrogen-bond acceptors (Lipinski definition) is 4. The molecule has 2 saturated carbocycles. The molecule has 2 unspecified atom stereocenters. The van der Waals surface area contributed by atoms with Crippen LogP contribution >= 0.6 is 0 Å². The summed E-state index contributed by atoms with van der Waals surface area (Å²) in [6.45, 7) is 4.66. The molecule has 0 bridgehead atoms. The average Bonchev–Trinajstić information content (AvgIpc) is 3.23. The van der Waals surface area contributed by atoms with E-state index in [0.717, 1.165) is 25.0 Å². The van der Waals surface area contributed by atoms with Crippen molar-refractivity contribution in [3.05, 3.63) is 12.3 Å². The monoisotopic (exact) mass is 244 g/mol. The third-order valence-corrected chi connectivity index (χ3v) is 5.63. The van der Waals surface area contributed by atoms with Gasteiger partial charge in [0.2, 0.25) is 5.95 Å². The predicted octanol–water partition coefficient (Wildman–Crippen LogP) is 2.08. The third-order valence-electron chi connectivity index (χ3n) is 5.63. The highest BCUT2D eigenvalue weighted by atomic mass is 15.3. The summed E-state index contributed by atoms with van der Waals surface area (Å²) in [7, 11) is 0. The highest BCUT2D eigenvalue weighted by Gasteiger charge is 2.70. The molecule has 3 fully saturated rings. The number of nitrogens with zero attached hydrogens (tertiary/aromatic N) is 3. The smallest absolute Gasteiger partial charge is 0.227 e. The summed E-state index contributed by atoms with van der Waals surface area (Å²) in [5, 5.41) is 0. The average molecular weight is 244 g/mol. The van der Waals surface area contributed by atoms with Gasteiger partial charge < -0.3 is 10.6 Å². The van der Waals surface area contributed by atoms with E-state index in [2.05, 4.69) is 21.8 Å². The predicted molar refractivity (Wildman–Crippen MR) is 71.2 cm³/mol. The largest absolute Gasteiger partial charge is 0.384 e. The van der Waals surface area contributed by atoms with Crippen LogP contribution in [0.2, 0.25) is 0 Å². The van der Waals surface area contributed by atoms with E-state index in [1.54, 1.807) is 12.3 Å². The Morgan fingerprint density at radius 2 is 2.17 bits per heavy atom. The molecule has 4 nitrogen and oxygen atoms in total. The number of rotatable bonds is 1. The number of piperidine rings is 1. The molecule has 0 amide bonds. The first-order valence-electron chi connectivity index (χ1n) is 6.99. The molecule has 2 spiro atoms. The van der Waals surface area contributed by atoms with Crippen LogP contribution in [0, 0.1) is 16.7 Å². The second-order valence-electron chi connectivity index (χ2n) is 6.49. The molecule has 3 aliphatic rings. The second kappa shape index (κ2) is 3.16. The number of nitrogen functional groups attached to an aromatic ring is 1. The molecular weight excluding hydrogens is 224 g/mol. The summed E-state index contributed by atoms with van der Waals surface area (Å²) in [6, 6.07) is 1.75. The van der Waals surface area contributed by atoms with Crippen molar-refractivity contribution in [2.75, 3.05) is 23.7 Å². The van der Waals surface area contributed by atoms with Crippen LogP contribution in [0.15, 0.2) is 12.3 Å². The lowest BCUT2D eigenvalue weighted by molar-refractivity contribution is 0.209. The van der Waals surface area contributed by atoms with Gasteiger partial charge in [-0.1, -0.05) is 6.92 Å². The van der Waals surface area contributed by atoms with E-state index in [1.807, 2.05) is 0 Å². The van der Waals surface area contributed by atoms with Gasteiger partial charge in [0.05, 0.1) is 0 Å². The first kappa shape index (κ1) is 10.6. The number of anilines is 2. The molecular formula is C14H20N4. The van der Waals surface area contributed by atoms with Gasteiger partial charge in [0.15, 0.2) is 0 Å². The number of nitrogens with two attached hydrogens (primary N) is 1. The Hall–Kier alpha value is -1.32. The normalized spacial score (nSPS) is 36.1. The molecule has 2 N–H and O–H groups in total. The molecule has 96 valence electrons. The first-order chi connectivity index (χ1) is 8.65. The minimum atomic E-state index is 0.574. The van der Waals surface area contributed by atoms with Gasteiger partial charge in [0.1, 0.15) is 5.82 Å². The molecule has 2 atom stereocenters. The molecule has 1 aliphatic heterocycles. The van der Waals surface area contributed by atoms with Crippen LogP contribution in [0.5, 0.6) is 0 Å². The summed E-state index contributed by atoms with van der Waals surface area (Å²) in [6.07, 6.45) is 7.32. The highest BCUT2D eigenvalue weighted by Crippen LogP contribution is 2.76. The molecule has 4 rings (SSSR count). The van der Waals surface area contributed by atoms with Gasteiger partial charge in [-0.3, -0.25) is 0 Å². The number of hydrogen-bond donors (Lipinski definition) is 1. The van der Waals surface area contributed by atoms with Crippen molar-refractivity contribution < 1.29 is 0 Å². The van der Waals surface area contributed by atoms with Crippen molar-refractivity contribution >= 4 is 11.8 Å². The van der Waals surface area contributed by atoms with E-state index in [1.165, 1.54) is 25.7 Å². The molecule has 1 aromatic heterocycles. The lowest BCUT2D eigenvalue weighted by atomic mass is 9.77. The van der Waals surface area contributed by atoms with E-state index < -0.39 is 0 Å². The summed E-state index contributed by atoms with van der Waals surface area (Å²) < 4.78 is 0. The second-order valence-corrected chi connectivity index (χ2v) is 6.49. The van der Waals surface area contributed by atoms with E-state index >= 15 is 0 Å². The van der Waals surface area contributed by atoms with E-state index in [-0.39, 0.29) is 0 Å². The van der Waals surface area contributed by atoms with Crippen molar-refractivity contribution in [1.82, 2.24) is 9.97 Å². The molecule has 2 heterocycles. The fraction of sp³-hybridized carbons (Fsp3) is 0.714. The Morgan fingerprint density at radius 1 is 1.39 bits per heavy atom. The Bertz CT molecular complexity index is 496. The van der Waals surface area contributed by atoms with Crippen LogP contribution < -0.4 is 10.6 Å². The van der Waals surface area contributed by atoms with Crippen LogP contribution in [-0.4, -0.2) is 23.1 Å². The summed E-state index contributed by atoms with van der Waals surface area (Å²) >= 11 is 0. The van der Waals surface area contributed by atoms with Gasteiger partial charge in [-0.2, -0.15) is 4.98 Å². The fourth-order valence-electron chi connectivity index (χ4n) is 4.27. The van der Waals surface area contributed by atoms with E-state index in [0.29, 0.717) is 16.6 Å². The zero-order valence-corrected chi connectivity index (χ0v) is 10.9. The molecule has 1 aromatic rings. The van der Waals surface area contributed by atoms with Crippen LogP contribution in [0.3, 0.4) is 0 Å². The Balaban J connectivity index is 1.60. The molecule has 18 heavy (non-hydrogen) atoms. The van der Waals surface area contributed by atoms with Crippen molar-refractivity contribution in [2.24, 2.45) is 16.7 Å². The third kappa shape index (κ3) is 1.26. The van der Waals surface area contributed by atoms with Crippen molar-refractivity contribution in [3.8, 4) is 0 Å². The summed E-state index contributed by atoms with van der Waals surface area (Å²) in [5.74, 6) is 2.33. The van der Waals surface area contributed by atoms with Gasteiger partial charge in [0, 0.05) is 19.3 Å². The van der Waals surface area contributed by atoms with Gasteiger partial charge >= 0.3 is 0 Å². The maximum Gasteiger partial charge on any atom is 0.227 e. The van der Waals surface area contributed by atoms with Crippen LogP contribution in [0.25, 0.3) is 0 Å². The SMILES string of the molecule is CC1CC12CCN(c1nccc(N)n1)CC21CC1. The minimum absolute atomic E-state index is 0.574. The van der Waals surface area contributed by atoms with Crippen LogP contribution in [-0.2, 0) is 0 Å². The zero-order valence-electron chi connectivity index (χ0n) is 10.9. The van der Waals surface area contributed by atoms with Crippen LogP contribution in [0.4, 0.5) is 11.8 Å². The zero-order chi connectivity index (χ0) is 12.4. The highest BCUT2D eigenvalue weighted by molar-refractivity contribution is 5.40. The summed E-state index contributed by atoms with van der Waals surface area (Å²) in [5.41, 5.74) is 7.01. The molecule has 4 heteroatoms. The maximum absolute atomic E-state index is 5.76. The lowest BCUT2D eigenvalue weighted by Gasteiger charge is -2.40. The lowest BCUT2D eigenvalue weighted by Crippen LogP contribution is -2.44. The Morgan fingerprint density at radius 3 is 2.78 bits per heavy atom. The molecule has 0 aromatic carbocycles. The number of fused-ring (bicyclic) bond motifs is 1. The Labute approximate surface area is 108 Å². The topological polar surface area (TPSA) is 55.0 Å². The van der Waals surface area contributed by atoms with Gasteiger partial charge in [0.25, 0.3) is 0 Å². The maximum atomic E-state index is 5.76. The van der Waals surface area contributed by atoms with Gasteiger partial charge in [-0.05, 0) is 48.5 Å². The fourth-order valence-corrected chi connectivity index (χ4v) is 4.27. The van der Waals surface area contributed by atoms with Crippen LogP contribution in [0.1, 0.15) is 32.6 Å². The van der Waals surface area contributed by atoms with E-state index in [9.17, 15) is 0 Å². The van der Waals surface area contributed by atoms with E-state index in [4.69, 9.17) is 5.73 Å². The number of aromatic nitrogens is 2. The quantitative estimate of drug-likeness (QED) is 0.821. The van der Waals surface area contributed by atoms with Crippen molar-refractivity contribution in [2.45, 2.75) is 32.6 Å². The van der Waals surface area contributed by atoms with Crippen molar-refractivity contribution in [3.63, 3.8) is 0 Å². The summed E-state index contributed by atoms with van der Waals surface area (Å²) in [4.78, 5) is 11.1. The van der Waals surface area contributed by atoms with Crippen molar-refractivity contribution in [1.29, 1.82) is 0 Å².